The molecule has 0 aliphatic rings. The van der Waals surface area contributed by atoms with E-state index in [1.54, 1.807) is 32.1 Å². The highest BCUT2D eigenvalue weighted by Gasteiger charge is 2.19. The van der Waals surface area contributed by atoms with Crippen molar-refractivity contribution in [3.8, 4) is 22.6 Å². The molecular formula is C13H17N3O2. The van der Waals surface area contributed by atoms with Crippen LogP contribution in [-0.2, 0) is 7.05 Å². The van der Waals surface area contributed by atoms with E-state index in [9.17, 15) is 0 Å². The number of anilines is 1. The van der Waals surface area contributed by atoms with E-state index in [0.29, 0.717) is 5.82 Å². The Morgan fingerprint density at radius 3 is 2.44 bits per heavy atom. The monoisotopic (exact) mass is 247 g/mol. The van der Waals surface area contributed by atoms with E-state index in [0.717, 1.165) is 28.2 Å². The first-order valence-corrected chi connectivity index (χ1v) is 5.59. The number of hydrogen-bond donors (Lipinski definition) is 1. The van der Waals surface area contributed by atoms with Crippen LogP contribution in [0.1, 0.15) is 5.56 Å². The molecule has 1 aromatic heterocycles. The number of ether oxygens (including phenoxy) is 2. The molecule has 0 radical (unpaired) electrons. The Kier molecular flexibility index (Phi) is 3.14. The number of aryl methyl sites for hydroxylation is 2. The summed E-state index contributed by atoms with van der Waals surface area (Å²) in [5, 5.41) is 4.15. The molecule has 2 N–H and O–H groups in total. The Morgan fingerprint density at radius 1 is 1.22 bits per heavy atom. The zero-order valence-corrected chi connectivity index (χ0v) is 11.0. The smallest absolute Gasteiger partial charge is 0.133 e. The summed E-state index contributed by atoms with van der Waals surface area (Å²) in [4.78, 5) is 0. The summed E-state index contributed by atoms with van der Waals surface area (Å²) in [6.07, 6.45) is 1.72. The van der Waals surface area contributed by atoms with Crippen molar-refractivity contribution in [3.05, 3.63) is 23.9 Å². The summed E-state index contributed by atoms with van der Waals surface area (Å²) < 4.78 is 12.5. The van der Waals surface area contributed by atoms with Crippen LogP contribution in [0.5, 0.6) is 11.5 Å². The summed E-state index contributed by atoms with van der Waals surface area (Å²) >= 11 is 0. The first-order valence-electron chi connectivity index (χ1n) is 5.59. The minimum atomic E-state index is 0.581. The van der Waals surface area contributed by atoms with Gasteiger partial charge in [-0.15, -0.1) is 0 Å². The third-order valence-electron chi connectivity index (χ3n) is 2.99. The second-order valence-electron chi connectivity index (χ2n) is 4.06. The average Bonchev–Trinajstić information content (AvgIpc) is 2.69. The molecule has 0 fully saturated rings. The molecule has 0 amide bonds. The van der Waals surface area contributed by atoms with Gasteiger partial charge >= 0.3 is 0 Å². The summed E-state index contributed by atoms with van der Waals surface area (Å²) in [6, 6.07) is 3.85. The number of hydrogen-bond acceptors (Lipinski definition) is 4. The lowest BCUT2D eigenvalue weighted by Gasteiger charge is -2.14. The molecule has 18 heavy (non-hydrogen) atoms. The molecule has 5 heteroatoms. The van der Waals surface area contributed by atoms with Gasteiger partial charge in [-0.05, 0) is 18.6 Å². The lowest BCUT2D eigenvalue weighted by molar-refractivity contribution is 0.395. The van der Waals surface area contributed by atoms with Crippen LogP contribution in [0.4, 0.5) is 5.82 Å². The van der Waals surface area contributed by atoms with Gasteiger partial charge in [0, 0.05) is 7.05 Å². The van der Waals surface area contributed by atoms with Crippen LogP contribution < -0.4 is 15.2 Å². The lowest BCUT2D eigenvalue weighted by Crippen LogP contribution is -2.00. The van der Waals surface area contributed by atoms with Crippen molar-refractivity contribution in [2.75, 3.05) is 20.0 Å². The standard InChI is InChI=1S/C13H17N3O2/c1-8-5-6-10(17-3)11(12(8)18-4)9-7-15-16(2)13(9)14/h5-7H,14H2,1-4H3. The van der Waals surface area contributed by atoms with Gasteiger partial charge in [0.1, 0.15) is 17.3 Å². The first-order chi connectivity index (χ1) is 8.60. The topological polar surface area (TPSA) is 62.3 Å². The molecule has 2 rings (SSSR count). The maximum Gasteiger partial charge on any atom is 0.133 e. The number of nitrogens with two attached hydrogens (primary N) is 1. The van der Waals surface area contributed by atoms with Gasteiger partial charge < -0.3 is 15.2 Å². The van der Waals surface area contributed by atoms with Gasteiger partial charge in [-0.3, -0.25) is 4.68 Å². The van der Waals surface area contributed by atoms with Gasteiger partial charge in [-0.25, -0.2) is 0 Å². The molecule has 0 aliphatic carbocycles. The van der Waals surface area contributed by atoms with Crippen LogP contribution in [0, 0.1) is 6.92 Å². The number of nitrogens with zero attached hydrogens (tertiary/aromatic N) is 2. The van der Waals surface area contributed by atoms with Crippen LogP contribution in [0.3, 0.4) is 0 Å². The fourth-order valence-corrected chi connectivity index (χ4v) is 2.00. The number of nitrogen functional groups attached to an aromatic ring is 1. The largest absolute Gasteiger partial charge is 0.496 e. The van der Waals surface area contributed by atoms with E-state index in [1.165, 1.54) is 0 Å². The number of methoxy groups -OCH3 is 2. The summed E-state index contributed by atoms with van der Waals surface area (Å²) in [7, 11) is 5.06. The van der Waals surface area contributed by atoms with Crippen molar-refractivity contribution >= 4 is 5.82 Å². The SMILES string of the molecule is COc1ccc(C)c(OC)c1-c1cnn(C)c1N. The van der Waals surface area contributed by atoms with Crippen molar-refractivity contribution < 1.29 is 9.47 Å². The van der Waals surface area contributed by atoms with Crippen molar-refractivity contribution in [1.29, 1.82) is 0 Å². The third-order valence-corrected chi connectivity index (χ3v) is 2.99. The maximum atomic E-state index is 6.02. The predicted molar refractivity (Wildman–Crippen MR) is 70.9 cm³/mol. The highest BCUT2D eigenvalue weighted by molar-refractivity contribution is 5.84. The molecule has 0 aliphatic heterocycles. The van der Waals surface area contributed by atoms with Gasteiger partial charge in [0.2, 0.25) is 0 Å². The second-order valence-corrected chi connectivity index (χ2v) is 4.06. The molecule has 1 heterocycles. The lowest BCUT2D eigenvalue weighted by atomic mass is 10.0. The molecule has 0 spiro atoms. The van der Waals surface area contributed by atoms with E-state index in [2.05, 4.69) is 5.10 Å². The quantitative estimate of drug-likeness (QED) is 0.901. The van der Waals surface area contributed by atoms with Crippen molar-refractivity contribution in [2.45, 2.75) is 6.92 Å². The summed E-state index contributed by atoms with van der Waals surface area (Å²) in [5.41, 5.74) is 8.70. The molecule has 0 bridgehead atoms. The van der Waals surface area contributed by atoms with Gasteiger partial charge in [0.15, 0.2) is 0 Å². The highest BCUT2D eigenvalue weighted by atomic mass is 16.5. The molecule has 0 saturated heterocycles. The molecular weight excluding hydrogens is 230 g/mol. The average molecular weight is 247 g/mol. The van der Waals surface area contributed by atoms with Gasteiger partial charge in [0.25, 0.3) is 0 Å². The number of rotatable bonds is 3. The van der Waals surface area contributed by atoms with Crippen LogP contribution >= 0.6 is 0 Å². The molecule has 96 valence electrons. The molecule has 1 aromatic carbocycles. The highest BCUT2D eigenvalue weighted by Crippen LogP contribution is 2.42. The Balaban J connectivity index is 2.75. The summed E-state index contributed by atoms with van der Waals surface area (Å²) in [5.74, 6) is 2.06. The second kappa shape index (κ2) is 4.60. The van der Waals surface area contributed by atoms with E-state index in [4.69, 9.17) is 15.2 Å². The van der Waals surface area contributed by atoms with Gasteiger partial charge in [0.05, 0.1) is 31.5 Å². The number of benzene rings is 1. The fourth-order valence-electron chi connectivity index (χ4n) is 2.00. The fraction of sp³-hybridized carbons (Fsp3) is 0.308. The Labute approximate surface area is 106 Å². The maximum absolute atomic E-state index is 6.02. The Morgan fingerprint density at radius 2 is 1.94 bits per heavy atom. The van der Waals surface area contributed by atoms with Gasteiger partial charge in [-0.2, -0.15) is 5.10 Å². The number of aromatic nitrogens is 2. The van der Waals surface area contributed by atoms with Crippen molar-refractivity contribution in [2.24, 2.45) is 7.05 Å². The molecule has 0 unspecified atom stereocenters. The predicted octanol–water partition coefficient (Wildman–Crippen LogP) is 1.99. The third kappa shape index (κ3) is 1.77. The van der Waals surface area contributed by atoms with E-state index in [1.807, 2.05) is 19.1 Å². The molecule has 5 nitrogen and oxygen atoms in total. The zero-order valence-electron chi connectivity index (χ0n) is 11.0. The van der Waals surface area contributed by atoms with Crippen LogP contribution in [0.25, 0.3) is 11.1 Å². The first kappa shape index (κ1) is 12.3. The normalized spacial score (nSPS) is 10.4. The van der Waals surface area contributed by atoms with E-state index in [-0.39, 0.29) is 0 Å². The van der Waals surface area contributed by atoms with Crippen LogP contribution in [0.2, 0.25) is 0 Å². The minimum absolute atomic E-state index is 0.581. The van der Waals surface area contributed by atoms with Crippen LogP contribution in [0.15, 0.2) is 18.3 Å². The zero-order chi connectivity index (χ0) is 13.3. The van der Waals surface area contributed by atoms with Crippen molar-refractivity contribution in [1.82, 2.24) is 9.78 Å². The molecule has 2 aromatic rings. The molecule has 0 atom stereocenters. The Bertz CT molecular complexity index is 576. The Hall–Kier alpha value is -2.17. The van der Waals surface area contributed by atoms with Crippen molar-refractivity contribution in [3.63, 3.8) is 0 Å². The van der Waals surface area contributed by atoms with E-state index >= 15 is 0 Å². The summed E-state index contributed by atoms with van der Waals surface area (Å²) in [6.45, 7) is 1.98. The van der Waals surface area contributed by atoms with E-state index < -0.39 is 0 Å². The molecule has 0 saturated carbocycles. The van der Waals surface area contributed by atoms with Gasteiger partial charge in [-0.1, -0.05) is 6.07 Å². The minimum Gasteiger partial charge on any atom is -0.496 e. The van der Waals surface area contributed by atoms with Crippen LogP contribution in [-0.4, -0.2) is 24.0 Å².